The smallest absolute Gasteiger partial charge is 0.0743 e. The second kappa shape index (κ2) is 4.37. The van der Waals surface area contributed by atoms with E-state index in [9.17, 15) is 0 Å². The summed E-state index contributed by atoms with van der Waals surface area (Å²) in [7, 11) is 0. The van der Waals surface area contributed by atoms with Crippen LogP contribution in [0, 0.1) is 0 Å². The lowest BCUT2D eigenvalue weighted by atomic mass is 10.1. The fourth-order valence-electron chi connectivity index (χ4n) is 1.89. The first-order valence-corrected chi connectivity index (χ1v) is 5.69. The van der Waals surface area contributed by atoms with E-state index in [4.69, 9.17) is 5.73 Å². The molecule has 0 spiro atoms. The molecule has 0 bridgehead atoms. The van der Waals surface area contributed by atoms with Crippen LogP contribution in [0.25, 0.3) is 10.9 Å². The van der Waals surface area contributed by atoms with Crippen LogP contribution >= 0.6 is 0 Å². The van der Waals surface area contributed by atoms with Gasteiger partial charge in [-0.2, -0.15) is 5.10 Å². The lowest BCUT2D eigenvalue weighted by molar-refractivity contribution is 0.982. The molecule has 0 aliphatic rings. The molecular formula is C13H13N5. The van der Waals surface area contributed by atoms with Crippen molar-refractivity contribution >= 4 is 22.3 Å². The van der Waals surface area contributed by atoms with E-state index in [0.29, 0.717) is 6.54 Å². The number of fused-ring (bicyclic) bond motifs is 1. The number of anilines is 2. The van der Waals surface area contributed by atoms with Crippen molar-refractivity contribution in [2.75, 3.05) is 11.1 Å². The Bertz CT molecular complexity index is 660. The van der Waals surface area contributed by atoms with Gasteiger partial charge >= 0.3 is 0 Å². The molecule has 0 aliphatic heterocycles. The number of benzene rings is 1. The monoisotopic (exact) mass is 239 g/mol. The number of H-pyrrole nitrogens is 1. The Labute approximate surface area is 104 Å². The molecule has 0 aliphatic carbocycles. The van der Waals surface area contributed by atoms with E-state index in [1.165, 1.54) is 0 Å². The molecule has 0 atom stereocenters. The number of hydrogen-bond acceptors (Lipinski definition) is 4. The summed E-state index contributed by atoms with van der Waals surface area (Å²) in [6.07, 6.45) is 3.51. The topological polar surface area (TPSA) is 79.6 Å². The van der Waals surface area contributed by atoms with Crippen molar-refractivity contribution in [3.05, 3.63) is 48.4 Å². The number of nitrogens with two attached hydrogens (primary N) is 1. The number of aromatic nitrogens is 3. The average molecular weight is 239 g/mol. The fourth-order valence-corrected chi connectivity index (χ4v) is 1.89. The Morgan fingerprint density at radius 1 is 1.17 bits per heavy atom. The first-order valence-electron chi connectivity index (χ1n) is 5.69. The summed E-state index contributed by atoms with van der Waals surface area (Å²) in [6.45, 7) is 0.698. The van der Waals surface area contributed by atoms with E-state index >= 15 is 0 Å². The Morgan fingerprint density at radius 3 is 2.94 bits per heavy atom. The second-order valence-corrected chi connectivity index (χ2v) is 4.07. The predicted octanol–water partition coefficient (Wildman–Crippen LogP) is 2.15. The first-order chi connectivity index (χ1) is 8.83. The van der Waals surface area contributed by atoms with Crippen molar-refractivity contribution in [3.63, 3.8) is 0 Å². The number of aromatic amines is 1. The number of pyridine rings is 1. The van der Waals surface area contributed by atoms with Crippen LogP contribution in [0.15, 0.2) is 42.7 Å². The van der Waals surface area contributed by atoms with Crippen molar-refractivity contribution in [3.8, 4) is 0 Å². The van der Waals surface area contributed by atoms with E-state index in [2.05, 4.69) is 20.5 Å². The largest absolute Gasteiger partial charge is 0.399 e. The molecule has 0 saturated carbocycles. The SMILES string of the molecule is Nc1ccc2c(NCc3ccn[nH]3)ccnc2c1. The minimum atomic E-state index is 0.698. The number of hydrogen-bond donors (Lipinski definition) is 3. The van der Waals surface area contributed by atoms with Crippen LogP contribution in [0.5, 0.6) is 0 Å². The zero-order chi connectivity index (χ0) is 12.4. The van der Waals surface area contributed by atoms with E-state index in [-0.39, 0.29) is 0 Å². The van der Waals surface area contributed by atoms with E-state index in [1.54, 1.807) is 12.4 Å². The second-order valence-electron chi connectivity index (χ2n) is 4.07. The number of rotatable bonds is 3. The Morgan fingerprint density at radius 2 is 2.11 bits per heavy atom. The van der Waals surface area contributed by atoms with Crippen molar-refractivity contribution in [1.29, 1.82) is 0 Å². The maximum Gasteiger partial charge on any atom is 0.0743 e. The van der Waals surface area contributed by atoms with Gasteiger partial charge < -0.3 is 11.1 Å². The molecule has 5 heteroatoms. The Balaban J connectivity index is 1.92. The third-order valence-corrected chi connectivity index (χ3v) is 2.79. The summed E-state index contributed by atoms with van der Waals surface area (Å²) in [5, 5.41) is 11.2. The zero-order valence-electron chi connectivity index (χ0n) is 9.72. The van der Waals surface area contributed by atoms with Gasteiger partial charge in [0.1, 0.15) is 0 Å². The summed E-state index contributed by atoms with van der Waals surface area (Å²) in [4.78, 5) is 4.31. The molecule has 3 rings (SSSR count). The molecule has 0 radical (unpaired) electrons. The average Bonchev–Trinajstić information content (AvgIpc) is 2.89. The predicted molar refractivity (Wildman–Crippen MR) is 72.1 cm³/mol. The van der Waals surface area contributed by atoms with Gasteiger partial charge in [0.25, 0.3) is 0 Å². The molecule has 4 N–H and O–H groups in total. The van der Waals surface area contributed by atoms with Crippen LogP contribution < -0.4 is 11.1 Å². The molecule has 1 aromatic carbocycles. The molecule has 0 amide bonds. The summed E-state index contributed by atoms with van der Waals surface area (Å²) in [5.41, 5.74) is 9.44. The molecule has 0 fully saturated rings. The molecule has 18 heavy (non-hydrogen) atoms. The van der Waals surface area contributed by atoms with Crippen LogP contribution in [-0.4, -0.2) is 15.2 Å². The number of nitrogens with zero attached hydrogens (tertiary/aromatic N) is 2. The molecule has 0 unspecified atom stereocenters. The maximum atomic E-state index is 5.75. The summed E-state index contributed by atoms with van der Waals surface area (Å²) < 4.78 is 0. The fraction of sp³-hybridized carbons (Fsp3) is 0.0769. The molecular weight excluding hydrogens is 226 g/mol. The van der Waals surface area contributed by atoms with Gasteiger partial charge in [0.2, 0.25) is 0 Å². The molecule has 90 valence electrons. The van der Waals surface area contributed by atoms with Crippen molar-refractivity contribution < 1.29 is 0 Å². The van der Waals surface area contributed by atoms with Gasteiger partial charge in [0.05, 0.1) is 17.8 Å². The van der Waals surface area contributed by atoms with Gasteiger partial charge in [-0.3, -0.25) is 10.1 Å². The summed E-state index contributed by atoms with van der Waals surface area (Å²) in [6, 6.07) is 9.62. The van der Waals surface area contributed by atoms with Crippen molar-refractivity contribution in [2.24, 2.45) is 0 Å². The van der Waals surface area contributed by atoms with E-state index in [0.717, 1.165) is 28.0 Å². The Kier molecular flexibility index (Phi) is 2.57. The summed E-state index contributed by atoms with van der Waals surface area (Å²) in [5.74, 6) is 0. The zero-order valence-corrected chi connectivity index (χ0v) is 9.72. The van der Waals surface area contributed by atoms with Crippen molar-refractivity contribution in [1.82, 2.24) is 15.2 Å². The van der Waals surface area contributed by atoms with Crippen LogP contribution in [0.2, 0.25) is 0 Å². The molecule has 0 saturated heterocycles. The van der Waals surface area contributed by atoms with Crippen LogP contribution in [0.3, 0.4) is 0 Å². The number of nitrogens with one attached hydrogen (secondary N) is 2. The van der Waals surface area contributed by atoms with Crippen LogP contribution in [-0.2, 0) is 6.54 Å². The molecule has 5 nitrogen and oxygen atoms in total. The van der Waals surface area contributed by atoms with Gasteiger partial charge in [-0.05, 0) is 30.3 Å². The van der Waals surface area contributed by atoms with Gasteiger partial charge in [-0.15, -0.1) is 0 Å². The van der Waals surface area contributed by atoms with Crippen LogP contribution in [0.1, 0.15) is 5.69 Å². The van der Waals surface area contributed by atoms with Crippen LogP contribution in [0.4, 0.5) is 11.4 Å². The molecule has 2 heterocycles. The Hall–Kier alpha value is -2.56. The summed E-state index contributed by atoms with van der Waals surface area (Å²) >= 11 is 0. The highest BCUT2D eigenvalue weighted by Gasteiger charge is 2.02. The molecule has 2 aromatic heterocycles. The highest BCUT2D eigenvalue weighted by molar-refractivity contribution is 5.92. The minimum Gasteiger partial charge on any atom is -0.399 e. The standard InChI is InChI=1S/C13H13N5/c14-9-1-2-11-12(4-5-15-13(11)7-9)16-8-10-3-6-17-18-10/h1-7H,8,14H2,(H,15,16)(H,17,18). The third-order valence-electron chi connectivity index (χ3n) is 2.79. The number of nitrogen functional groups attached to an aromatic ring is 1. The lowest BCUT2D eigenvalue weighted by Crippen LogP contribution is -2.01. The van der Waals surface area contributed by atoms with E-state index in [1.807, 2.05) is 30.3 Å². The molecule has 3 aromatic rings. The lowest BCUT2D eigenvalue weighted by Gasteiger charge is -2.08. The van der Waals surface area contributed by atoms with Gasteiger partial charge in [0.15, 0.2) is 0 Å². The normalized spacial score (nSPS) is 10.7. The first kappa shape index (κ1) is 10.6. The highest BCUT2D eigenvalue weighted by Crippen LogP contribution is 2.23. The van der Waals surface area contributed by atoms with Gasteiger partial charge in [0, 0.05) is 29.2 Å². The highest BCUT2D eigenvalue weighted by atomic mass is 15.1. The van der Waals surface area contributed by atoms with E-state index < -0.39 is 0 Å². The van der Waals surface area contributed by atoms with Gasteiger partial charge in [-0.1, -0.05) is 0 Å². The minimum absolute atomic E-state index is 0.698. The quantitative estimate of drug-likeness (QED) is 0.612. The maximum absolute atomic E-state index is 5.75. The van der Waals surface area contributed by atoms with Gasteiger partial charge in [-0.25, -0.2) is 0 Å². The third kappa shape index (κ3) is 1.98. The van der Waals surface area contributed by atoms with Crippen molar-refractivity contribution in [2.45, 2.75) is 6.54 Å².